The third kappa shape index (κ3) is 3.27. The number of hydrogen-bond acceptors (Lipinski definition) is 3. The molecule has 6 rings (SSSR count). The Hall–Kier alpha value is -1.94. The molecule has 1 heterocycles. The molecule has 0 bridgehead atoms. The van der Waals surface area contributed by atoms with Gasteiger partial charge >= 0.3 is 0 Å². The maximum atomic E-state index is 12.5. The molecule has 3 saturated carbocycles. The zero-order valence-corrected chi connectivity index (χ0v) is 21.0. The van der Waals surface area contributed by atoms with Crippen molar-refractivity contribution in [1.82, 2.24) is 5.01 Å². The summed E-state index contributed by atoms with van der Waals surface area (Å²) >= 11 is 0. The maximum Gasteiger partial charge on any atom is 0.240 e. The molecular weight excluding hydrogens is 420 g/mol. The minimum absolute atomic E-state index is 0.0421. The predicted octanol–water partition coefficient (Wildman–Crippen LogP) is 6.28. The van der Waals surface area contributed by atoms with Gasteiger partial charge in [0.15, 0.2) is 0 Å². The summed E-state index contributed by atoms with van der Waals surface area (Å²) in [5, 5.41) is 17.1. The van der Waals surface area contributed by atoms with Crippen molar-refractivity contribution < 1.29 is 9.90 Å². The maximum absolute atomic E-state index is 12.5. The van der Waals surface area contributed by atoms with Gasteiger partial charge in [0.1, 0.15) is 0 Å². The van der Waals surface area contributed by atoms with Crippen molar-refractivity contribution in [3.8, 4) is 0 Å². The minimum atomic E-state index is -0.136. The highest BCUT2D eigenvalue weighted by atomic mass is 16.3. The SMILES string of the molecule is CC(=O)N1N=C([C@H]2CC[C@H]3[C@@H]4CC=C5C[C@@H](O)CC[C@]5(C)[C@H]4CC[C@]23C)CC1c1ccccc1. The number of rotatable bonds is 2. The zero-order valence-electron chi connectivity index (χ0n) is 21.0. The Balaban J connectivity index is 1.27. The fourth-order valence-corrected chi connectivity index (χ4v) is 9.16. The molecule has 182 valence electrons. The topological polar surface area (TPSA) is 52.9 Å². The lowest BCUT2D eigenvalue weighted by atomic mass is 9.47. The van der Waals surface area contributed by atoms with Crippen LogP contribution in [0.1, 0.15) is 90.2 Å². The van der Waals surface area contributed by atoms with Crippen molar-refractivity contribution in [3.63, 3.8) is 0 Å². The first kappa shape index (κ1) is 22.5. The molecule has 0 aromatic heterocycles. The zero-order chi connectivity index (χ0) is 23.7. The molecule has 4 nitrogen and oxygen atoms in total. The number of carbonyl (C=O) groups excluding carboxylic acids is 1. The molecule has 0 saturated heterocycles. The molecule has 0 spiro atoms. The third-order valence-electron chi connectivity index (χ3n) is 10.9. The molecule has 8 atom stereocenters. The molecule has 1 aromatic rings. The number of aliphatic hydroxyl groups excluding tert-OH is 1. The second-order valence-electron chi connectivity index (χ2n) is 12.4. The molecule has 4 aliphatic carbocycles. The van der Waals surface area contributed by atoms with Gasteiger partial charge in [-0.3, -0.25) is 4.79 Å². The van der Waals surface area contributed by atoms with Crippen LogP contribution in [0.5, 0.6) is 0 Å². The van der Waals surface area contributed by atoms with E-state index in [4.69, 9.17) is 5.10 Å². The number of hydrogen-bond donors (Lipinski definition) is 1. The Bertz CT molecular complexity index is 1030. The van der Waals surface area contributed by atoms with Crippen LogP contribution < -0.4 is 0 Å². The Morgan fingerprint density at radius 1 is 1.03 bits per heavy atom. The smallest absolute Gasteiger partial charge is 0.240 e. The fourth-order valence-electron chi connectivity index (χ4n) is 9.16. The minimum Gasteiger partial charge on any atom is -0.393 e. The van der Waals surface area contributed by atoms with Crippen molar-refractivity contribution in [2.24, 2.45) is 39.6 Å². The van der Waals surface area contributed by atoms with Crippen LogP contribution in [-0.4, -0.2) is 27.8 Å². The third-order valence-corrected chi connectivity index (χ3v) is 10.9. The number of amides is 1. The highest BCUT2D eigenvalue weighted by Crippen LogP contribution is 2.66. The van der Waals surface area contributed by atoms with Crippen LogP contribution in [-0.2, 0) is 4.79 Å². The molecule has 34 heavy (non-hydrogen) atoms. The van der Waals surface area contributed by atoms with Crippen LogP contribution in [0, 0.1) is 34.5 Å². The van der Waals surface area contributed by atoms with E-state index in [1.54, 1.807) is 17.5 Å². The van der Waals surface area contributed by atoms with E-state index in [0.29, 0.717) is 5.92 Å². The van der Waals surface area contributed by atoms with E-state index in [1.165, 1.54) is 43.4 Å². The number of nitrogens with zero attached hydrogens (tertiary/aromatic N) is 2. The Labute approximate surface area is 204 Å². The van der Waals surface area contributed by atoms with E-state index < -0.39 is 0 Å². The largest absolute Gasteiger partial charge is 0.393 e. The summed E-state index contributed by atoms with van der Waals surface area (Å²) in [7, 11) is 0. The Morgan fingerprint density at radius 2 is 1.82 bits per heavy atom. The lowest BCUT2D eigenvalue weighted by Gasteiger charge is -2.58. The Kier molecular flexibility index (Phi) is 5.33. The summed E-state index contributed by atoms with van der Waals surface area (Å²) in [5.74, 6) is 2.78. The Morgan fingerprint density at radius 3 is 2.59 bits per heavy atom. The summed E-state index contributed by atoms with van der Waals surface area (Å²) in [4.78, 5) is 12.5. The lowest BCUT2D eigenvalue weighted by molar-refractivity contribution is -0.130. The highest BCUT2D eigenvalue weighted by Gasteiger charge is 2.59. The average Bonchev–Trinajstić information content (AvgIpc) is 3.41. The predicted molar refractivity (Wildman–Crippen MR) is 135 cm³/mol. The van der Waals surface area contributed by atoms with Crippen LogP contribution >= 0.6 is 0 Å². The number of benzene rings is 1. The lowest BCUT2D eigenvalue weighted by Crippen LogP contribution is -2.51. The van der Waals surface area contributed by atoms with Gasteiger partial charge in [0.25, 0.3) is 0 Å². The summed E-state index contributed by atoms with van der Waals surface area (Å²) in [6.45, 7) is 6.71. The van der Waals surface area contributed by atoms with Crippen molar-refractivity contribution in [2.75, 3.05) is 0 Å². The molecular formula is C30H40N2O2. The number of hydrazone groups is 1. The van der Waals surface area contributed by atoms with Crippen LogP contribution in [0.3, 0.4) is 0 Å². The molecule has 1 aliphatic heterocycles. The van der Waals surface area contributed by atoms with Gasteiger partial charge in [-0.25, -0.2) is 5.01 Å². The summed E-state index contributed by atoms with van der Waals surface area (Å²) < 4.78 is 0. The van der Waals surface area contributed by atoms with E-state index in [1.807, 2.05) is 6.07 Å². The number of carbonyl (C=O) groups is 1. The molecule has 1 amide bonds. The van der Waals surface area contributed by atoms with Gasteiger partial charge < -0.3 is 5.11 Å². The van der Waals surface area contributed by atoms with E-state index in [0.717, 1.165) is 43.4 Å². The van der Waals surface area contributed by atoms with E-state index >= 15 is 0 Å². The van der Waals surface area contributed by atoms with Crippen LogP contribution in [0.15, 0.2) is 47.1 Å². The first-order valence-corrected chi connectivity index (χ1v) is 13.6. The van der Waals surface area contributed by atoms with Gasteiger partial charge in [-0.2, -0.15) is 5.10 Å². The van der Waals surface area contributed by atoms with Crippen molar-refractivity contribution in [2.45, 2.75) is 90.7 Å². The van der Waals surface area contributed by atoms with Gasteiger partial charge in [-0.05, 0) is 85.5 Å². The molecule has 1 unspecified atom stereocenters. The first-order chi connectivity index (χ1) is 16.3. The van der Waals surface area contributed by atoms with Crippen LogP contribution in [0.2, 0.25) is 0 Å². The van der Waals surface area contributed by atoms with Crippen LogP contribution in [0.4, 0.5) is 0 Å². The summed E-state index contributed by atoms with van der Waals surface area (Å²) in [6, 6.07) is 10.5. The fraction of sp³-hybridized carbons (Fsp3) is 0.667. The molecule has 4 heteroatoms. The monoisotopic (exact) mass is 460 g/mol. The van der Waals surface area contributed by atoms with Gasteiger partial charge in [0, 0.05) is 25.0 Å². The number of aliphatic hydroxyl groups is 1. The van der Waals surface area contributed by atoms with Gasteiger partial charge in [-0.15, -0.1) is 0 Å². The normalized spacial score (nSPS) is 43.5. The number of allylic oxidation sites excluding steroid dienone is 1. The first-order valence-electron chi connectivity index (χ1n) is 13.6. The van der Waals surface area contributed by atoms with Crippen molar-refractivity contribution in [3.05, 3.63) is 47.5 Å². The van der Waals surface area contributed by atoms with Crippen molar-refractivity contribution >= 4 is 11.6 Å². The second kappa shape index (κ2) is 8.05. The second-order valence-corrected chi connectivity index (χ2v) is 12.4. The molecule has 5 aliphatic rings. The van der Waals surface area contributed by atoms with Gasteiger partial charge in [0.05, 0.1) is 12.1 Å². The standard InChI is InChI=1S/C30H40N2O2/c1-19(33)32-28(20-7-5-4-6-8-20)18-27(31-32)26-12-11-24-23-10-9-21-17-22(34)13-15-29(21,2)25(23)14-16-30(24,26)3/h4-9,22-26,28,34H,10-18H2,1-3H3/t22-,23-,24-,25-,26+,28?,29-,30-/m0/s1. The van der Waals surface area contributed by atoms with Crippen molar-refractivity contribution in [1.29, 1.82) is 0 Å². The van der Waals surface area contributed by atoms with Gasteiger partial charge in [-0.1, -0.05) is 55.8 Å². The molecule has 1 aromatic carbocycles. The highest BCUT2D eigenvalue weighted by molar-refractivity contribution is 5.92. The molecule has 1 N–H and O–H groups in total. The van der Waals surface area contributed by atoms with Crippen LogP contribution in [0.25, 0.3) is 0 Å². The quantitative estimate of drug-likeness (QED) is 0.528. The van der Waals surface area contributed by atoms with E-state index in [-0.39, 0.29) is 28.9 Å². The number of fused-ring (bicyclic) bond motifs is 5. The average molecular weight is 461 g/mol. The van der Waals surface area contributed by atoms with E-state index in [2.05, 4.69) is 44.2 Å². The summed E-state index contributed by atoms with van der Waals surface area (Å²) in [6.07, 6.45) is 12.5. The molecule has 3 fully saturated rings. The van der Waals surface area contributed by atoms with Gasteiger partial charge in [0.2, 0.25) is 5.91 Å². The molecule has 0 radical (unpaired) electrons. The van der Waals surface area contributed by atoms with E-state index in [9.17, 15) is 9.90 Å². The summed E-state index contributed by atoms with van der Waals surface area (Å²) in [5.41, 5.74) is 4.58.